The molecule has 1 aliphatic rings. The number of anilines is 1. The molecule has 1 aliphatic heterocycles. The highest BCUT2D eigenvalue weighted by molar-refractivity contribution is 7.15. The number of carbonyl (C=O) groups is 1. The van der Waals surface area contributed by atoms with Crippen molar-refractivity contribution in [3.05, 3.63) is 23.3 Å². The van der Waals surface area contributed by atoms with Crippen LogP contribution in [0.2, 0.25) is 0 Å². The Hall–Kier alpha value is -1.82. The van der Waals surface area contributed by atoms with Crippen molar-refractivity contribution in [3.63, 3.8) is 0 Å². The molecule has 0 radical (unpaired) electrons. The summed E-state index contributed by atoms with van der Waals surface area (Å²) in [7, 11) is 0. The van der Waals surface area contributed by atoms with Gasteiger partial charge in [-0.1, -0.05) is 13.3 Å². The molecule has 1 N–H and O–H groups in total. The Bertz CT molecular complexity index is 666. The van der Waals surface area contributed by atoms with E-state index in [-0.39, 0.29) is 0 Å². The SMILES string of the molecule is CCC1CCN(c2nc3sccn3c2C=CC(=O)O)CC1. The first-order valence-corrected chi connectivity index (χ1v) is 8.18. The first kappa shape index (κ1) is 14.1. The number of piperidine rings is 1. The second kappa shape index (κ2) is 5.89. The second-order valence-electron chi connectivity index (χ2n) is 5.39. The average Bonchev–Trinajstić information content (AvgIpc) is 3.06. The van der Waals surface area contributed by atoms with Crippen LogP contribution in [0.1, 0.15) is 31.9 Å². The third-order valence-electron chi connectivity index (χ3n) is 4.15. The number of hydrogen-bond donors (Lipinski definition) is 1. The summed E-state index contributed by atoms with van der Waals surface area (Å²) in [6.45, 7) is 4.24. The number of hydrogen-bond acceptors (Lipinski definition) is 4. The van der Waals surface area contributed by atoms with Crippen LogP contribution in [0, 0.1) is 5.92 Å². The number of aromatic nitrogens is 2. The van der Waals surface area contributed by atoms with Gasteiger partial charge in [-0.25, -0.2) is 9.78 Å². The zero-order chi connectivity index (χ0) is 14.8. The molecule has 112 valence electrons. The highest BCUT2D eigenvalue weighted by Gasteiger charge is 2.23. The van der Waals surface area contributed by atoms with Crippen LogP contribution in [0.4, 0.5) is 5.82 Å². The highest BCUT2D eigenvalue weighted by Crippen LogP contribution is 2.30. The van der Waals surface area contributed by atoms with E-state index in [1.54, 1.807) is 17.4 Å². The smallest absolute Gasteiger partial charge is 0.328 e. The van der Waals surface area contributed by atoms with Gasteiger partial charge in [0, 0.05) is 30.7 Å². The van der Waals surface area contributed by atoms with Gasteiger partial charge in [0.2, 0.25) is 0 Å². The van der Waals surface area contributed by atoms with Gasteiger partial charge in [-0.15, -0.1) is 11.3 Å². The fourth-order valence-electron chi connectivity index (χ4n) is 2.88. The van der Waals surface area contributed by atoms with Gasteiger partial charge in [0.05, 0.1) is 5.69 Å². The van der Waals surface area contributed by atoms with E-state index in [4.69, 9.17) is 5.11 Å². The fraction of sp³-hybridized carbons (Fsp3) is 0.467. The minimum absolute atomic E-state index is 0.808. The number of carboxylic acids is 1. The molecule has 0 aliphatic carbocycles. The van der Waals surface area contributed by atoms with Crippen molar-refractivity contribution in [2.24, 2.45) is 5.92 Å². The summed E-state index contributed by atoms with van der Waals surface area (Å²) >= 11 is 1.57. The fourth-order valence-corrected chi connectivity index (χ4v) is 3.60. The van der Waals surface area contributed by atoms with Crippen molar-refractivity contribution in [1.29, 1.82) is 0 Å². The monoisotopic (exact) mass is 305 g/mol. The molecule has 0 atom stereocenters. The summed E-state index contributed by atoms with van der Waals surface area (Å²) in [5.41, 5.74) is 0.864. The lowest BCUT2D eigenvalue weighted by atomic mass is 9.94. The molecule has 0 bridgehead atoms. The van der Waals surface area contributed by atoms with Crippen LogP contribution < -0.4 is 4.90 Å². The summed E-state index contributed by atoms with van der Waals surface area (Å²) in [6, 6.07) is 0. The Labute approximate surface area is 127 Å². The van der Waals surface area contributed by atoms with Crippen LogP contribution in [0.3, 0.4) is 0 Å². The molecule has 3 rings (SSSR count). The van der Waals surface area contributed by atoms with Gasteiger partial charge in [-0.2, -0.15) is 0 Å². The van der Waals surface area contributed by atoms with Gasteiger partial charge in [0.25, 0.3) is 0 Å². The Balaban J connectivity index is 1.92. The molecule has 5 nitrogen and oxygen atoms in total. The van der Waals surface area contributed by atoms with Gasteiger partial charge >= 0.3 is 5.97 Å². The zero-order valence-corrected chi connectivity index (χ0v) is 12.8. The van der Waals surface area contributed by atoms with Crippen molar-refractivity contribution in [3.8, 4) is 0 Å². The maximum absolute atomic E-state index is 10.8. The summed E-state index contributed by atoms with van der Waals surface area (Å²) in [6.07, 6.45) is 8.38. The van der Waals surface area contributed by atoms with E-state index in [1.165, 1.54) is 25.3 Å². The number of nitrogens with zero attached hydrogens (tertiary/aromatic N) is 3. The van der Waals surface area contributed by atoms with E-state index in [1.807, 2.05) is 16.0 Å². The predicted molar refractivity (Wildman–Crippen MR) is 85.0 cm³/mol. The van der Waals surface area contributed by atoms with E-state index < -0.39 is 5.97 Å². The molecule has 2 aromatic rings. The molecule has 0 spiro atoms. The lowest BCUT2D eigenvalue weighted by Crippen LogP contribution is -2.34. The number of fused-ring (bicyclic) bond motifs is 1. The van der Waals surface area contributed by atoms with Crippen molar-refractivity contribution in [1.82, 2.24) is 9.38 Å². The van der Waals surface area contributed by atoms with E-state index in [9.17, 15) is 4.79 Å². The minimum atomic E-state index is -0.934. The Morgan fingerprint density at radius 2 is 2.29 bits per heavy atom. The summed E-state index contributed by atoms with van der Waals surface area (Å²) in [5, 5.41) is 10.8. The average molecular weight is 305 g/mol. The lowest BCUT2D eigenvalue weighted by Gasteiger charge is -2.32. The Morgan fingerprint density at radius 1 is 1.52 bits per heavy atom. The highest BCUT2D eigenvalue weighted by atomic mass is 32.1. The number of imidazole rings is 1. The lowest BCUT2D eigenvalue weighted by molar-refractivity contribution is -0.131. The van der Waals surface area contributed by atoms with Gasteiger partial charge in [0.1, 0.15) is 0 Å². The molecule has 0 saturated carbocycles. The molecule has 0 amide bonds. The number of rotatable bonds is 4. The largest absolute Gasteiger partial charge is 0.478 e. The Morgan fingerprint density at radius 3 is 2.95 bits per heavy atom. The van der Waals surface area contributed by atoms with Crippen molar-refractivity contribution >= 4 is 34.2 Å². The predicted octanol–water partition coefficient (Wildman–Crippen LogP) is 3.12. The number of aliphatic carboxylic acids is 1. The van der Waals surface area contributed by atoms with E-state index in [0.29, 0.717) is 0 Å². The number of thiazole rings is 1. The standard InChI is InChI=1S/C15H19N3O2S/c1-2-11-5-7-17(8-6-11)14-12(3-4-13(19)20)18-9-10-21-15(18)16-14/h3-4,9-11H,2,5-8H2,1H3,(H,19,20). The minimum Gasteiger partial charge on any atom is -0.478 e. The third kappa shape index (κ3) is 2.81. The maximum atomic E-state index is 10.8. The molecule has 2 aromatic heterocycles. The van der Waals surface area contributed by atoms with Gasteiger partial charge in [-0.05, 0) is 24.8 Å². The maximum Gasteiger partial charge on any atom is 0.328 e. The van der Waals surface area contributed by atoms with E-state index in [2.05, 4.69) is 16.8 Å². The summed E-state index contributed by atoms with van der Waals surface area (Å²) in [5.74, 6) is 0.785. The van der Waals surface area contributed by atoms with Crippen LogP contribution in [-0.4, -0.2) is 33.6 Å². The van der Waals surface area contributed by atoms with Gasteiger partial charge in [-0.3, -0.25) is 4.40 Å². The molecule has 1 fully saturated rings. The topological polar surface area (TPSA) is 57.8 Å². The normalized spacial score (nSPS) is 17.1. The Kier molecular flexibility index (Phi) is 3.96. The first-order valence-electron chi connectivity index (χ1n) is 7.30. The summed E-state index contributed by atoms with van der Waals surface area (Å²) < 4.78 is 1.96. The van der Waals surface area contributed by atoms with E-state index >= 15 is 0 Å². The van der Waals surface area contributed by atoms with Crippen molar-refractivity contribution in [2.75, 3.05) is 18.0 Å². The quantitative estimate of drug-likeness (QED) is 0.882. The summed E-state index contributed by atoms with van der Waals surface area (Å²) in [4.78, 5) is 18.7. The second-order valence-corrected chi connectivity index (χ2v) is 6.26. The zero-order valence-electron chi connectivity index (χ0n) is 12.0. The van der Waals surface area contributed by atoms with E-state index in [0.717, 1.165) is 35.5 Å². The molecule has 21 heavy (non-hydrogen) atoms. The van der Waals surface area contributed by atoms with Crippen LogP contribution in [0.25, 0.3) is 11.0 Å². The molecule has 3 heterocycles. The molecule has 6 heteroatoms. The third-order valence-corrected chi connectivity index (χ3v) is 4.91. The van der Waals surface area contributed by atoms with Crippen molar-refractivity contribution < 1.29 is 9.90 Å². The van der Waals surface area contributed by atoms with Crippen LogP contribution in [0.15, 0.2) is 17.7 Å². The first-order chi connectivity index (χ1) is 10.2. The van der Waals surface area contributed by atoms with Crippen LogP contribution in [-0.2, 0) is 4.79 Å². The molecule has 0 aromatic carbocycles. The van der Waals surface area contributed by atoms with Gasteiger partial charge in [0.15, 0.2) is 10.8 Å². The van der Waals surface area contributed by atoms with Crippen LogP contribution in [0.5, 0.6) is 0 Å². The molecular formula is C15H19N3O2S. The molecule has 1 saturated heterocycles. The molecular weight excluding hydrogens is 286 g/mol. The van der Waals surface area contributed by atoms with Gasteiger partial charge < -0.3 is 10.0 Å². The number of carboxylic acid groups (broad SMARTS) is 1. The van der Waals surface area contributed by atoms with Crippen LogP contribution >= 0.6 is 11.3 Å². The van der Waals surface area contributed by atoms with Crippen molar-refractivity contribution in [2.45, 2.75) is 26.2 Å². The molecule has 0 unspecified atom stereocenters.